The highest BCUT2D eigenvalue weighted by Crippen LogP contribution is 2.35. The van der Waals surface area contributed by atoms with Gasteiger partial charge in [0.2, 0.25) is 0 Å². The molecule has 1 aliphatic heterocycles. The molecule has 1 aromatic rings. The van der Waals surface area contributed by atoms with Gasteiger partial charge in [0, 0.05) is 13.1 Å². The van der Waals surface area contributed by atoms with Crippen LogP contribution in [0.4, 0.5) is 0 Å². The van der Waals surface area contributed by atoms with Crippen LogP contribution in [0.5, 0.6) is 11.5 Å². The van der Waals surface area contributed by atoms with Crippen molar-refractivity contribution in [1.29, 1.82) is 0 Å². The maximum Gasteiger partial charge on any atom is 0.176 e. The van der Waals surface area contributed by atoms with Crippen LogP contribution in [0.25, 0.3) is 0 Å². The van der Waals surface area contributed by atoms with Crippen LogP contribution >= 0.6 is 11.6 Å². The Labute approximate surface area is 120 Å². The number of hydrogen-bond donors (Lipinski definition) is 1. The average Bonchev–Trinajstić information content (AvgIpc) is 2.82. The van der Waals surface area contributed by atoms with E-state index in [1.165, 1.54) is 6.42 Å². The predicted octanol–water partition coefficient (Wildman–Crippen LogP) is 3.53. The largest absolute Gasteiger partial charge is 0.503 e. The summed E-state index contributed by atoms with van der Waals surface area (Å²) < 4.78 is 5.14. The van der Waals surface area contributed by atoms with Crippen LogP contribution in [-0.4, -0.2) is 30.2 Å². The molecule has 1 saturated heterocycles. The average molecular weight is 284 g/mol. The number of hydrogen-bond acceptors (Lipinski definition) is 3. The van der Waals surface area contributed by atoms with Crippen LogP contribution in [0.1, 0.15) is 25.8 Å². The van der Waals surface area contributed by atoms with E-state index < -0.39 is 0 Å². The first-order valence-electron chi connectivity index (χ1n) is 6.79. The number of ether oxygens (including phenoxy) is 1. The third kappa shape index (κ3) is 3.34. The van der Waals surface area contributed by atoms with Crippen LogP contribution in [0, 0.1) is 11.8 Å². The Kier molecular flexibility index (Phi) is 4.58. The van der Waals surface area contributed by atoms with E-state index in [0.29, 0.717) is 10.8 Å². The fraction of sp³-hybridized carbons (Fsp3) is 0.600. The second-order valence-electron chi connectivity index (χ2n) is 5.66. The van der Waals surface area contributed by atoms with E-state index in [9.17, 15) is 5.11 Å². The number of likely N-dealkylation sites (tertiary alicyclic amines) is 1. The molecule has 0 aromatic heterocycles. The van der Waals surface area contributed by atoms with E-state index in [1.54, 1.807) is 7.11 Å². The lowest BCUT2D eigenvalue weighted by Crippen LogP contribution is -2.21. The molecular formula is C15H22ClNO2. The Morgan fingerprint density at radius 2 is 2.21 bits per heavy atom. The number of rotatable bonds is 4. The van der Waals surface area contributed by atoms with Crippen molar-refractivity contribution in [2.45, 2.75) is 26.8 Å². The minimum Gasteiger partial charge on any atom is -0.503 e. The Morgan fingerprint density at radius 1 is 1.47 bits per heavy atom. The Hall–Kier alpha value is -0.930. The molecule has 0 spiro atoms. The fourth-order valence-electron chi connectivity index (χ4n) is 2.68. The molecule has 0 saturated carbocycles. The van der Waals surface area contributed by atoms with E-state index in [4.69, 9.17) is 16.3 Å². The molecular weight excluding hydrogens is 262 g/mol. The smallest absolute Gasteiger partial charge is 0.176 e. The number of aromatic hydroxyl groups is 1. The quantitative estimate of drug-likeness (QED) is 0.917. The van der Waals surface area contributed by atoms with Gasteiger partial charge in [-0.1, -0.05) is 25.4 Å². The van der Waals surface area contributed by atoms with Crippen molar-refractivity contribution in [2.75, 3.05) is 20.2 Å². The molecule has 1 unspecified atom stereocenters. The number of halogens is 1. The summed E-state index contributed by atoms with van der Waals surface area (Å²) in [6.45, 7) is 7.70. The van der Waals surface area contributed by atoms with Gasteiger partial charge < -0.3 is 9.84 Å². The third-order valence-corrected chi connectivity index (χ3v) is 4.25. The minimum absolute atomic E-state index is 0.0226. The minimum atomic E-state index is 0.0226. The van der Waals surface area contributed by atoms with E-state index in [2.05, 4.69) is 18.7 Å². The summed E-state index contributed by atoms with van der Waals surface area (Å²) >= 11 is 6.01. The molecule has 0 bridgehead atoms. The molecule has 1 atom stereocenters. The Morgan fingerprint density at radius 3 is 2.79 bits per heavy atom. The van der Waals surface area contributed by atoms with Gasteiger partial charge in [0.25, 0.3) is 0 Å². The van der Waals surface area contributed by atoms with Gasteiger partial charge in [-0.15, -0.1) is 0 Å². The second-order valence-corrected chi connectivity index (χ2v) is 6.06. The summed E-state index contributed by atoms with van der Waals surface area (Å²) in [6.07, 6.45) is 1.26. The van der Waals surface area contributed by atoms with Crippen molar-refractivity contribution in [3.05, 3.63) is 22.7 Å². The molecule has 0 amide bonds. The molecule has 1 aliphatic rings. The van der Waals surface area contributed by atoms with E-state index in [-0.39, 0.29) is 5.75 Å². The van der Waals surface area contributed by atoms with Gasteiger partial charge in [0.05, 0.1) is 12.1 Å². The summed E-state index contributed by atoms with van der Waals surface area (Å²) in [5, 5.41) is 10.1. The van der Waals surface area contributed by atoms with Gasteiger partial charge in [-0.05, 0) is 42.5 Å². The fourth-order valence-corrected chi connectivity index (χ4v) is 2.92. The Bertz CT molecular complexity index is 448. The SMILES string of the molecule is COc1cc(CN2CCC(C(C)C)C2)cc(Cl)c1O. The number of methoxy groups -OCH3 is 1. The van der Waals surface area contributed by atoms with Gasteiger partial charge in [0.1, 0.15) is 0 Å². The standard InChI is InChI=1S/C15H22ClNO2/c1-10(2)12-4-5-17(9-12)8-11-6-13(16)15(18)14(7-11)19-3/h6-7,10,12,18H,4-5,8-9H2,1-3H3. The normalized spacial score (nSPS) is 20.2. The lowest BCUT2D eigenvalue weighted by atomic mass is 9.95. The molecule has 1 N–H and O–H groups in total. The molecule has 106 valence electrons. The number of phenolic OH excluding ortho intramolecular Hbond substituents is 1. The first-order valence-corrected chi connectivity index (χ1v) is 7.16. The lowest BCUT2D eigenvalue weighted by Gasteiger charge is -2.18. The van der Waals surface area contributed by atoms with Gasteiger partial charge in [-0.3, -0.25) is 4.90 Å². The number of nitrogens with zero attached hydrogens (tertiary/aromatic N) is 1. The molecule has 19 heavy (non-hydrogen) atoms. The maximum absolute atomic E-state index is 9.73. The molecule has 2 rings (SSSR count). The van der Waals surface area contributed by atoms with Gasteiger partial charge in [0.15, 0.2) is 11.5 Å². The topological polar surface area (TPSA) is 32.7 Å². The summed E-state index contributed by atoms with van der Waals surface area (Å²) in [7, 11) is 1.54. The van der Waals surface area contributed by atoms with Crippen LogP contribution in [0.15, 0.2) is 12.1 Å². The highest BCUT2D eigenvalue weighted by atomic mass is 35.5. The molecule has 4 heteroatoms. The molecule has 0 aliphatic carbocycles. The summed E-state index contributed by atoms with van der Waals surface area (Å²) in [6, 6.07) is 3.69. The monoisotopic (exact) mass is 283 g/mol. The summed E-state index contributed by atoms with van der Waals surface area (Å²) in [5.41, 5.74) is 1.09. The van der Waals surface area contributed by atoms with Crippen molar-refractivity contribution in [2.24, 2.45) is 11.8 Å². The van der Waals surface area contributed by atoms with Gasteiger partial charge in [-0.25, -0.2) is 0 Å². The van der Waals surface area contributed by atoms with Crippen LogP contribution < -0.4 is 4.74 Å². The second kappa shape index (κ2) is 6.02. The molecule has 1 fully saturated rings. The van der Waals surface area contributed by atoms with Crippen LogP contribution in [0.2, 0.25) is 5.02 Å². The van der Waals surface area contributed by atoms with E-state index in [1.807, 2.05) is 12.1 Å². The van der Waals surface area contributed by atoms with Crippen LogP contribution in [-0.2, 0) is 6.54 Å². The zero-order valence-corrected chi connectivity index (χ0v) is 12.6. The Balaban J connectivity index is 2.06. The maximum atomic E-state index is 9.73. The molecule has 0 radical (unpaired) electrons. The number of phenols is 1. The van der Waals surface area contributed by atoms with E-state index >= 15 is 0 Å². The third-order valence-electron chi connectivity index (χ3n) is 3.97. The van der Waals surface area contributed by atoms with Crippen molar-refractivity contribution in [3.8, 4) is 11.5 Å². The van der Waals surface area contributed by atoms with Crippen molar-refractivity contribution in [1.82, 2.24) is 4.90 Å². The summed E-state index contributed by atoms with van der Waals surface area (Å²) in [5.74, 6) is 1.99. The highest BCUT2D eigenvalue weighted by molar-refractivity contribution is 6.32. The highest BCUT2D eigenvalue weighted by Gasteiger charge is 2.25. The molecule has 1 aromatic carbocycles. The zero-order chi connectivity index (χ0) is 14.0. The van der Waals surface area contributed by atoms with Crippen LogP contribution in [0.3, 0.4) is 0 Å². The van der Waals surface area contributed by atoms with Crippen molar-refractivity contribution >= 4 is 11.6 Å². The number of benzene rings is 1. The predicted molar refractivity (Wildman–Crippen MR) is 77.9 cm³/mol. The van der Waals surface area contributed by atoms with Crippen molar-refractivity contribution < 1.29 is 9.84 Å². The van der Waals surface area contributed by atoms with Gasteiger partial charge in [-0.2, -0.15) is 0 Å². The first-order chi connectivity index (χ1) is 9.01. The lowest BCUT2D eigenvalue weighted by molar-refractivity contribution is 0.296. The first kappa shape index (κ1) is 14.5. The van der Waals surface area contributed by atoms with Gasteiger partial charge >= 0.3 is 0 Å². The molecule has 1 heterocycles. The van der Waals surface area contributed by atoms with Crippen molar-refractivity contribution in [3.63, 3.8) is 0 Å². The molecule has 3 nitrogen and oxygen atoms in total. The zero-order valence-electron chi connectivity index (χ0n) is 11.8. The summed E-state index contributed by atoms with van der Waals surface area (Å²) in [4.78, 5) is 2.44. The van der Waals surface area contributed by atoms with E-state index in [0.717, 1.165) is 37.0 Å².